The molecule has 0 aromatic heterocycles. The van der Waals surface area contributed by atoms with E-state index in [1.54, 1.807) is 4.90 Å². The van der Waals surface area contributed by atoms with Gasteiger partial charge in [0.25, 0.3) is 5.91 Å². The summed E-state index contributed by atoms with van der Waals surface area (Å²) < 4.78 is 6.64. The van der Waals surface area contributed by atoms with E-state index in [4.69, 9.17) is 17.0 Å². The van der Waals surface area contributed by atoms with Gasteiger partial charge in [0, 0.05) is 6.54 Å². The number of thiocarbonyl (C=S) groups is 1. The quantitative estimate of drug-likeness (QED) is 0.338. The summed E-state index contributed by atoms with van der Waals surface area (Å²) in [5, 5.41) is 2.42. The third kappa shape index (κ3) is 4.58. The minimum Gasteiger partial charge on any atom is -0.489 e. The first-order valence-corrected chi connectivity index (χ1v) is 11.2. The molecule has 1 aliphatic heterocycles. The van der Waals surface area contributed by atoms with Crippen molar-refractivity contribution in [1.29, 1.82) is 0 Å². The second kappa shape index (κ2) is 9.02. The van der Waals surface area contributed by atoms with Crippen LogP contribution in [0.5, 0.6) is 5.75 Å². The second-order valence-electron chi connectivity index (χ2n) is 7.68. The van der Waals surface area contributed by atoms with Gasteiger partial charge in [-0.25, -0.2) is 0 Å². The number of fused-ring (bicyclic) bond motifs is 1. The number of amides is 1. The zero-order chi connectivity index (χ0) is 21.1. The van der Waals surface area contributed by atoms with E-state index in [9.17, 15) is 4.79 Å². The molecule has 0 aliphatic carbocycles. The van der Waals surface area contributed by atoms with Crippen LogP contribution in [0.4, 0.5) is 0 Å². The van der Waals surface area contributed by atoms with Crippen molar-refractivity contribution in [2.24, 2.45) is 5.92 Å². The van der Waals surface area contributed by atoms with Crippen molar-refractivity contribution in [3.8, 4) is 5.75 Å². The lowest BCUT2D eigenvalue weighted by molar-refractivity contribution is -0.122. The van der Waals surface area contributed by atoms with Crippen LogP contribution in [0.15, 0.2) is 71.6 Å². The summed E-state index contributed by atoms with van der Waals surface area (Å²) in [6, 6.07) is 22.4. The van der Waals surface area contributed by atoms with E-state index in [0.29, 0.717) is 28.3 Å². The molecule has 0 bridgehead atoms. The topological polar surface area (TPSA) is 29.5 Å². The summed E-state index contributed by atoms with van der Waals surface area (Å²) in [7, 11) is 0. The average molecular weight is 434 g/mol. The Balaban J connectivity index is 1.44. The third-order valence-electron chi connectivity index (χ3n) is 4.87. The van der Waals surface area contributed by atoms with E-state index < -0.39 is 0 Å². The molecule has 0 N–H and O–H groups in total. The van der Waals surface area contributed by atoms with Gasteiger partial charge in [0.1, 0.15) is 16.7 Å². The lowest BCUT2D eigenvalue weighted by atomic mass is 10.1. The van der Waals surface area contributed by atoms with Crippen LogP contribution in [0.2, 0.25) is 0 Å². The Morgan fingerprint density at radius 2 is 1.77 bits per heavy atom. The Morgan fingerprint density at radius 3 is 2.53 bits per heavy atom. The highest BCUT2D eigenvalue weighted by atomic mass is 32.2. The predicted molar refractivity (Wildman–Crippen MR) is 129 cm³/mol. The first kappa shape index (κ1) is 20.6. The maximum Gasteiger partial charge on any atom is 0.266 e. The Hall–Kier alpha value is -2.63. The molecule has 0 unspecified atom stereocenters. The highest BCUT2D eigenvalue weighted by molar-refractivity contribution is 8.26. The summed E-state index contributed by atoms with van der Waals surface area (Å²) in [6.07, 6.45) is 1.90. The van der Waals surface area contributed by atoms with E-state index in [-0.39, 0.29) is 5.91 Å². The van der Waals surface area contributed by atoms with Crippen LogP contribution in [0, 0.1) is 5.92 Å². The van der Waals surface area contributed by atoms with E-state index in [1.807, 2.05) is 42.5 Å². The Bertz CT molecular complexity index is 1110. The lowest BCUT2D eigenvalue weighted by Crippen LogP contribution is -2.31. The van der Waals surface area contributed by atoms with Crippen LogP contribution in [-0.4, -0.2) is 21.7 Å². The number of benzene rings is 3. The van der Waals surface area contributed by atoms with Gasteiger partial charge in [-0.05, 0) is 46.0 Å². The molecule has 5 heteroatoms. The number of nitrogens with zero attached hydrogens (tertiary/aromatic N) is 1. The van der Waals surface area contributed by atoms with Crippen LogP contribution in [-0.2, 0) is 11.4 Å². The first-order chi connectivity index (χ1) is 14.5. The normalized spacial score (nSPS) is 15.6. The molecule has 1 aliphatic rings. The fourth-order valence-electron chi connectivity index (χ4n) is 3.41. The molecular weight excluding hydrogens is 410 g/mol. The molecule has 0 atom stereocenters. The van der Waals surface area contributed by atoms with Gasteiger partial charge in [-0.2, -0.15) is 0 Å². The standard InChI is InChI=1S/C25H23NO2S2/c1-17(2)15-26-24(27)23(30-25(26)29)14-18-10-12-21(13-11-18)28-16-20-8-5-7-19-6-3-4-9-22(19)20/h3-14,17H,15-16H2,1-2H3/b23-14-. The molecule has 1 amide bonds. The van der Waals surface area contributed by atoms with Crippen molar-refractivity contribution in [3.63, 3.8) is 0 Å². The van der Waals surface area contributed by atoms with Crippen molar-refractivity contribution in [2.75, 3.05) is 6.54 Å². The number of rotatable bonds is 6. The molecule has 1 fully saturated rings. The summed E-state index contributed by atoms with van der Waals surface area (Å²) >= 11 is 6.74. The van der Waals surface area contributed by atoms with Crippen molar-refractivity contribution in [1.82, 2.24) is 4.90 Å². The maximum atomic E-state index is 12.6. The molecule has 4 rings (SSSR count). The molecular formula is C25H23NO2S2. The monoisotopic (exact) mass is 433 g/mol. The fourth-order valence-corrected chi connectivity index (χ4v) is 4.69. The summed E-state index contributed by atoms with van der Waals surface area (Å²) in [4.78, 5) is 15.0. The second-order valence-corrected chi connectivity index (χ2v) is 9.36. The summed E-state index contributed by atoms with van der Waals surface area (Å²) in [5.74, 6) is 1.17. The SMILES string of the molecule is CC(C)CN1C(=O)/C(=C/c2ccc(OCc3cccc4ccccc34)cc2)SC1=S. The highest BCUT2D eigenvalue weighted by Crippen LogP contribution is 2.33. The van der Waals surface area contributed by atoms with Gasteiger partial charge in [-0.1, -0.05) is 92.4 Å². The molecule has 152 valence electrons. The van der Waals surface area contributed by atoms with Crippen molar-refractivity contribution in [3.05, 3.63) is 82.8 Å². The van der Waals surface area contributed by atoms with Crippen molar-refractivity contribution < 1.29 is 9.53 Å². The Kier molecular flexibility index (Phi) is 6.21. The van der Waals surface area contributed by atoms with Crippen molar-refractivity contribution >= 4 is 51.1 Å². The molecule has 3 nitrogen and oxygen atoms in total. The van der Waals surface area contributed by atoms with Crippen molar-refractivity contribution in [2.45, 2.75) is 20.5 Å². The number of hydrogen-bond donors (Lipinski definition) is 0. The van der Waals surface area contributed by atoms with Crippen LogP contribution in [0.3, 0.4) is 0 Å². The van der Waals surface area contributed by atoms with Gasteiger partial charge in [0.15, 0.2) is 0 Å². The van der Waals surface area contributed by atoms with Crippen LogP contribution in [0.1, 0.15) is 25.0 Å². The van der Waals surface area contributed by atoms with Crippen LogP contribution >= 0.6 is 24.0 Å². The smallest absolute Gasteiger partial charge is 0.266 e. The number of carbonyl (C=O) groups excluding carboxylic acids is 1. The zero-order valence-corrected chi connectivity index (χ0v) is 18.6. The number of thioether (sulfide) groups is 1. The maximum absolute atomic E-state index is 12.6. The van der Waals surface area contributed by atoms with E-state index >= 15 is 0 Å². The van der Waals surface area contributed by atoms with Gasteiger partial charge in [0.2, 0.25) is 0 Å². The minimum absolute atomic E-state index is 0.00465. The van der Waals surface area contributed by atoms with E-state index in [1.165, 1.54) is 22.5 Å². The molecule has 0 radical (unpaired) electrons. The Morgan fingerprint density at radius 1 is 1.03 bits per heavy atom. The summed E-state index contributed by atoms with van der Waals surface area (Å²) in [6.45, 7) is 5.33. The molecule has 30 heavy (non-hydrogen) atoms. The van der Waals surface area contributed by atoms with Gasteiger partial charge in [0.05, 0.1) is 4.91 Å². The lowest BCUT2D eigenvalue weighted by Gasteiger charge is -2.16. The third-order valence-corrected chi connectivity index (χ3v) is 6.25. The molecule has 1 heterocycles. The molecule has 3 aromatic carbocycles. The van der Waals surface area contributed by atoms with Gasteiger partial charge in [-0.15, -0.1) is 0 Å². The average Bonchev–Trinajstić information content (AvgIpc) is 3.00. The first-order valence-electron chi connectivity index (χ1n) is 9.96. The van der Waals surface area contributed by atoms with Crippen LogP contribution in [0.25, 0.3) is 16.8 Å². The summed E-state index contributed by atoms with van der Waals surface area (Å²) in [5.41, 5.74) is 2.11. The van der Waals surface area contributed by atoms with E-state index in [0.717, 1.165) is 16.9 Å². The van der Waals surface area contributed by atoms with Gasteiger partial charge in [-0.3, -0.25) is 9.69 Å². The minimum atomic E-state index is -0.00465. The van der Waals surface area contributed by atoms with Crippen LogP contribution < -0.4 is 4.74 Å². The van der Waals surface area contributed by atoms with Gasteiger partial charge >= 0.3 is 0 Å². The fraction of sp³-hybridized carbons (Fsp3) is 0.200. The molecule has 0 spiro atoms. The largest absolute Gasteiger partial charge is 0.489 e. The van der Waals surface area contributed by atoms with Gasteiger partial charge < -0.3 is 4.74 Å². The molecule has 1 saturated heterocycles. The predicted octanol–water partition coefficient (Wildman–Crippen LogP) is 6.28. The number of carbonyl (C=O) groups is 1. The highest BCUT2D eigenvalue weighted by Gasteiger charge is 2.32. The Labute approximate surface area is 186 Å². The van der Waals surface area contributed by atoms with E-state index in [2.05, 4.69) is 44.2 Å². The molecule has 0 saturated carbocycles. The number of hydrogen-bond acceptors (Lipinski definition) is 4. The number of ether oxygens (including phenoxy) is 1. The zero-order valence-electron chi connectivity index (χ0n) is 17.0. The molecule has 3 aromatic rings.